The van der Waals surface area contributed by atoms with Crippen LogP contribution in [0.5, 0.6) is 0 Å². The Kier molecular flexibility index (Phi) is 6.51. The molecule has 5 nitrogen and oxygen atoms in total. The molecule has 0 unspecified atom stereocenters. The quantitative estimate of drug-likeness (QED) is 0.382. The highest BCUT2D eigenvalue weighted by molar-refractivity contribution is 7.12. The van der Waals surface area contributed by atoms with Crippen LogP contribution in [-0.4, -0.2) is 20.4 Å². The third kappa shape index (κ3) is 5.14. The van der Waals surface area contributed by atoms with E-state index in [0.29, 0.717) is 12.3 Å². The van der Waals surface area contributed by atoms with Crippen molar-refractivity contribution in [3.63, 3.8) is 0 Å². The monoisotopic (exact) mass is 444 g/mol. The van der Waals surface area contributed by atoms with Crippen molar-refractivity contribution in [3.05, 3.63) is 87.8 Å². The van der Waals surface area contributed by atoms with Crippen molar-refractivity contribution in [2.24, 2.45) is 0 Å². The van der Waals surface area contributed by atoms with Gasteiger partial charge in [0.05, 0.1) is 17.1 Å². The van der Waals surface area contributed by atoms with Crippen molar-refractivity contribution in [2.45, 2.75) is 46.6 Å². The van der Waals surface area contributed by atoms with Gasteiger partial charge >= 0.3 is 0 Å². The number of aryl methyl sites for hydroxylation is 2. The Labute approximate surface area is 193 Å². The fraction of sp³-hybridized carbons (Fsp3) is 0.269. The maximum Gasteiger partial charge on any atom is 0.229 e. The van der Waals surface area contributed by atoms with Crippen LogP contribution >= 0.6 is 11.3 Å². The van der Waals surface area contributed by atoms with E-state index in [4.69, 9.17) is 0 Å². The molecule has 0 radical (unpaired) electrons. The maximum absolute atomic E-state index is 12.9. The normalized spacial score (nSPS) is 11.2. The standard InChI is InChI=1S/C26H28N4OS/c1-17(2)26-27-12-13-30(26)16-20-6-5-7-22(14-20)29-24(31)15-23-25(28-19(4)32-23)21-10-8-18(3)9-11-21/h5-14,17H,15-16H2,1-4H3,(H,29,31). The smallest absolute Gasteiger partial charge is 0.229 e. The second kappa shape index (κ2) is 9.49. The molecule has 0 spiro atoms. The second-order valence-corrected chi connectivity index (χ2v) is 9.65. The van der Waals surface area contributed by atoms with E-state index in [0.717, 1.165) is 44.8 Å². The molecule has 4 aromatic rings. The van der Waals surface area contributed by atoms with Gasteiger partial charge in [0, 0.05) is 41.0 Å². The van der Waals surface area contributed by atoms with Crippen LogP contribution in [0, 0.1) is 13.8 Å². The highest BCUT2D eigenvalue weighted by atomic mass is 32.1. The van der Waals surface area contributed by atoms with Gasteiger partial charge in [-0.25, -0.2) is 9.97 Å². The molecule has 0 bridgehead atoms. The lowest BCUT2D eigenvalue weighted by Gasteiger charge is -2.12. The predicted octanol–water partition coefficient (Wildman–Crippen LogP) is 5.98. The predicted molar refractivity (Wildman–Crippen MR) is 131 cm³/mol. The number of nitrogens with zero attached hydrogens (tertiary/aromatic N) is 3. The Morgan fingerprint density at radius 1 is 1.12 bits per heavy atom. The molecule has 0 aliphatic carbocycles. The molecule has 32 heavy (non-hydrogen) atoms. The van der Waals surface area contributed by atoms with Gasteiger partial charge in [0.2, 0.25) is 5.91 Å². The Morgan fingerprint density at radius 3 is 2.66 bits per heavy atom. The lowest BCUT2D eigenvalue weighted by molar-refractivity contribution is -0.115. The first-order valence-electron chi connectivity index (χ1n) is 10.8. The minimum absolute atomic E-state index is 0.0374. The first-order valence-corrected chi connectivity index (χ1v) is 11.6. The summed E-state index contributed by atoms with van der Waals surface area (Å²) in [7, 11) is 0. The lowest BCUT2D eigenvalue weighted by atomic mass is 10.1. The highest BCUT2D eigenvalue weighted by Gasteiger charge is 2.15. The molecule has 2 heterocycles. The van der Waals surface area contributed by atoms with Crippen LogP contribution in [0.3, 0.4) is 0 Å². The average Bonchev–Trinajstić information content (AvgIpc) is 3.35. The summed E-state index contributed by atoms with van der Waals surface area (Å²) >= 11 is 1.58. The van der Waals surface area contributed by atoms with Crippen LogP contribution in [0.1, 0.15) is 46.6 Å². The zero-order chi connectivity index (χ0) is 22.7. The zero-order valence-corrected chi connectivity index (χ0v) is 19.7. The van der Waals surface area contributed by atoms with Gasteiger partial charge in [-0.15, -0.1) is 11.3 Å². The molecule has 0 aliphatic rings. The summed E-state index contributed by atoms with van der Waals surface area (Å²) in [5, 5.41) is 4.02. The number of benzene rings is 2. The van der Waals surface area contributed by atoms with Gasteiger partial charge in [-0.2, -0.15) is 0 Å². The number of aromatic nitrogens is 3. The van der Waals surface area contributed by atoms with Crippen molar-refractivity contribution < 1.29 is 4.79 Å². The first-order chi connectivity index (χ1) is 15.4. The van der Waals surface area contributed by atoms with E-state index in [1.54, 1.807) is 11.3 Å². The Hall–Kier alpha value is -3.25. The van der Waals surface area contributed by atoms with Crippen molar-refractivity contribution >= 4 is 22.9 Å². The highest BCUT2D eigenvalue weighted by Crippen LogP contribution is 2.29. The van der Waals surface area contributed by atoms with Crippen LogP contribution < -0.4 is 5.32 Å². The molecule has 0 fully saturated rings. The van der Waals surface area contributed by atoms with Crippen molar-refractivity contribution in [2.75, 3.05) is 5.32 Å². The summed E-state index contributed by atoms with van der Waals surface area (Å²) in [6.45, 7) is 9.05. The summed E-state index contributed by atoms with van der Waals surface area (Å²) in [4.78, 5) is 23.0. The number of carbonyl (C=O) groups excluding carboxylic acids is 1. The molecule has 0 saturated carbocycles. The van der Waals surface area contributed by atoms with Crippen LogP contribution in [0.2, 0.25) is 0 Å². The number of hydrogen-bond acceptors (Lipinski definition) is 4. The van der Waals surface area contributed by atoms with E-state index in [9.17, 15) is 4.79 Å². The van der Waals surface area contributed by atoms with Crippen LogP contribution in [0.4, 0.5) is 5.69 Å². The summed E-state index contributed by atoms with van der Waals surface area (Å²) in [6, 6.07) is 16.3. The van der Waals surface area contributed by atoms with E-state index in [-0.39, 0.29) is 5.91 Å². The van der Waals surface area contributed by atoms with Gasteiger partial charge in [-0.05, 0) is 31.5 Å². The van der Waals surface area contributed by atoms with Gasteiger partial charge < -0.3 is 9.88 Å². The largest absolute Gasteiger partial charge is 0.330 e. The number of anilines is 1. The van der Waals surface area contributed by atoms with E-state index in [1.165, 1.54) is 5.56 Å². The molecule has 1 amide bonds. The van der Waals surface area contributed by atoms with Crippen LogP contribution in [-0.2, 0) is 17.8 Å². The third-order valence-electron chi connectivity index (χ3n) is 5.28. The van der Waals surface area contributed by atoms with Gasteiger partial charge in [-0.3, -0.25) is 4.79 Å². The second-order valence-electron chi connectivity index (χ2n) is 8.36. The maximum atomic E-state index is 12.9. The number of amides is 1. The lowest BCUT2D eigenvalue weighted by Crippen LogP contribution is -2.14. The van der Waals surface area contributed by atoms with E-state index < -0.39 is 0 Å². The van der Waals surface area contributed by atoms with Crippen LogP contribution in [0.15, 0.2) is 60.9 Å². The Balaban J connectivity index is 1.47. The fourth-order valence-corrected chi connectivity index (χ4v) is 4.73. The SMILES string of the molecule is Cc1ccc(-c2nc(C)sc2CC(=O)Nc2cccc(Cn3ccnc3C(C)C)c2)cc1. The fourth-order valence-electron chi connectivity index (χ4n) is 3.78. The summed E-state index contributed by atoms with van der Waals surface area (Å²) in [5.41, 5.74) is 5.08. The summed E-state index contributed by atoms with van der Waals surface area (Å²) in [6.07, 6.45) is 4.14. The van der Waals surface area contributed by atoms with E-state index >= 15 is 0 Å². The summed E-state index contributed by atoms with van der Waals surface area (Å²) in [5.74, 6) is 1.38. The summed E-state index contributed by atoms with van der Waals surface area (Å²) < 4.78 is 2.15. The van der Waals surface area contributed by atoms with Crippen LogP contribution in [0.25, 0.3) is 11.3 Å². The number of rotatable bonds is 7. The molecule has 0 aliphatic heterocycles. The van der Waals surface area contributed by atoms with Crippen molar-refractivity contribution in [1.29, 1.82) is 0 Å². The molecule has 1 N–H and O–H groups in total. The van der Waals surface area contributed by atoms with E-state index in [2.05, 4.69) is 71.0 Å². The minimum atomic E-state index is -0.0374. The molecule has 6 heteroatoms. The Morgan fingerprint density at radius 2 is 1.91 bits per heavy atom. The molecule has 164 valence electrons. The minimum Gasteiger partial charge on any atom is -0.330 e. The third-order valence-corrected chi connectivity index (χ3v) is 6.25. The molecular weight excluding hydrogens is 416 g/mol. The average molecular weight is 445 g/mol. The zero-order valence-electron chi connectivity index (χ0n) is 18.9. The number of thiazole rings is 1. The van der Waals surface area contributed by atoms with Crippen molar-refractivity contribution in [1.82, 2.24) is 14.5 Å². The van der Waals surface area contributed by atoms with Crippen molar-refractivity contribution in [3.8, 4) is 11.3 Å². The van der Waals surface area contributed by atoms with Gasteiger partial charge in [0.1, 0.15) is 5.82 Å². The number of hydrogen-bond donors (Lipinski definition) is 1. The van der Waals surface area contributed by atoms with Gasteiger partial charge in [-0.1, -0.05) is 55.8 Å². The molecule has 0 atom stereocenters. The topological polar surface area (TPSA) is 59.8 Å². The molecule has 2 aromatic carbocycles. The van der Waals surface area contributed by atoms with Gasteiger partial charge in [0.15, 0.2) is 0 Å². The first kappa shape index (κ1) is 22.0. The molecule has 2 aromatic heterocycles. The number of nitrogens with one attached hydrogen (secondary N) is 1. The molecular formula is C26H28N4OS. The Bertz CT molecular complexity index is 1220. The molecule has 0 saturated heterocycles. The number of imidazole rings is 1. The van der Waals surface area contributed by atoms with E-state index in [1.807, 2.05) is 37.5 Å². The number of carbonyl (C=O) groups is 1. The molecule has 4 rings (SSSR count). The van der Waals surface area contributed by atoms with Gasteiger partial charge in [0.25, 0.3) is 0 Å².